The Labute approximate surface area is 47.7 Å². The third-order valence-corrected chi connectivity index (χ3v) is 0.690. The van der Waals surface area contributed by atoms with E-state index in [1.54, 1.807) is 14.1 Å². The van der Waals surface area contributed by atoms with Gasteiger partial charge < -0.3 is 10.7 Å². The van der Waals surface area contributed by atoms with Crippen molar-refractivity contribution in [2.45, 2.75) is 0 Å². The number of nitrogens with one attached hydrogen (secondary N) is 2. The van der Waals surface area contributed by atoms with Crippen LogP contribution in [-0.2, 0) is 0 Å². The van der Waals surface area contributed by atoms with E-state index in [2.05, 4.69) is 15.8 Å². The number of nitrogens with zero attached hydrogens (tertiary/aromatic N) is 1. The summed E-state index contributed by atoms with van der Waals surface area (Å²) in [6.07, 6.45) is 0. The molecule has 0 amide bonds. The minimum atomic E-state index is 0.363. The highest BCUT2D eigenvalue weighted by Gasteiger charge is 1.79. The first-order chi connectivity index (χ1) is 3.31. The number of halogens is 1. The average Bonchev–Trinajstić information content (AvgIpc) is 1.68. The Bertz CT molecular complexity index is 70.6. The molecule has 4 heteroatoms. The zero-order valence-corrected chi connectivity index (χ0v) is 5.08. The van der Waals surface area contributed by atoms with Gasteiger partial charge in [-0.2, -0.15) is 0 Å². The first-order valence-electron chi connectivity index (χ1n) is 1.89. The van der Waals surface area contributed by atoms with Crippen molar-refractivity contribution in [3.63, 3.8) is 0 Å². The molecule has 0 fully saturated rings. The second-order valence-electron chi connectivity index (χ2n) is 0.876. The van der Waals surface area contributed by atoms with Crippen LogP contribution in [0.5, 0.6) is 0 Å². The minimum absolute atomic E-state index is 0.363. The van der Waals surface area contributed by atoms with E-state index in [0.29, 0.717) is 5.29 Å². The van der Waals surface area contributed by atoms with Gasteiger partial charge >= 0.3 is 0 Å². The van der Waals surface area contributed by atoms with Crippen LogP contribution >= 0.6 is 11.6 Å². The van der Waals surface area contributed by atoms with Crippen molar-refractivity contribution in [1.82, 2.24) is 10.7 Å². The van der Waals surface area contributed by atoms with Crippen molar-refractivity contribution in [2.24, 2.45) is 5.10 Å². The SMILES string of the molecule is CN/N=C(/Cl)NC. The number of hydrogen-bond acceptors (Lipinski definition) is 2. The predicted molar refractivity (Wildman–Crippen MR) is 31.4 cm³/mol. The summed E-state index contributed by atoms with van der Waals surface area (Å²) in [7, 11) is 3.38. The maximum atomic E-state index is 5.34. The van der Waals surface area contributed by atoms with Crippen LogP contribution in [0.25, 0.3) is 0 Å². The lowest BCUT2D eigenvalue weighted by Gasteiger charge is -1.91. The smallest absolute Gasteiger partial charge is 0.213 e. The first-order valence-corrected chi connectivity index (χ1v) is 2.26. The monoisotopic (exact) mass is 121 g/mol. The highest BCUT2D eigenvalue weighted by molar-refractivity contribution is 6.64. The van der Waals surface area contributed by atoms with Gasteiger partial charge in [-0.05, 0) is 11.6 Å². The molecule has 7 heavy (non-hydrogen) atoms. The van der Waals surface area contributed by atoms with E-state index in [9.17, 15) is 0 Å². The Hall–Kier alpha value is -0.440. The lowest BCUT2D eigenvalue weighted by Crippen LogP contribution is -2.14. The molecule has 0 aromatic heterocycles. The predicted octanol–water partition coefficient (Wildman–Crippen LogP) is -0.0650. The van der Waals surface area contributed by atoms with Crippen molar-refractivity contribution >= 4 is 16.9 Å². The summed E-state index contributed by atoms with van der Waals surface area (Å²) in [6, 6.07) is 0. The van der Waals surface area contributed by atoms with E-state index in [1.165, 1.54) is 0 Å². The van der Waals surface area contributed by atoms with Crippen molar-refractivity contribution < 1.29 is 0 Å². The maximum absolute atomic E-state index is 5.34. The van der Waals surface area contributed by atoms with Crippen LogP contribution in [0.2, 0.25) is 0 Å². The molecule has 0 bridgehead atoms. The van der Waals surface area contributed by atoms with Crippen LogP contribution in [0.15, 0.2) is 5.10 Å². The Balaban J connectivity index is 3.29. The fourth-order valence-electron chi connectivity index (χ4n) is 0.154. The van der Waals surface area contributed by atoms with Gasteiger partial charge in [-0.3, -0.25) is 0 Å². The molecule has 0 aromatic rings. The van der Waals surface area contributed by atoms with Crippen molar-refractivity contribution in [1.29, 1.82) is 0 Å². The second kappa shape index (κ2) is 3.74. The zero-order valence-electron chi connectivity index (χ0n) is 4.33. The number of amidine groups is 1. The Kier molecular flexibility index (Phi) is 3.50. The molecule has 0 unspecified atom stereocenters. The van der Waals surface area contributed by atoms with Crippen LogP contribution in [-0.4, -0.2) is 19.4 Å². The third-order valence-electron chi connectivity index (χ3n) is 0.416. The number of hydrazone groups is 1. The summed E-state index contributed by atoms with van der Waals surface area (Å²) in [5.41, 5.74) is 2.51. The second-order valence-corrected chi connectivity index (χ2v) is 1.23. The Morgan fingerprint density at radius 3 is 2.29 bits per heavy atom. The molecule has 0 spiro atoms. The molecule has 0 aromatic carbocycles. The van der Waals surface area contributed by atoms with Gasteiger partial charge in [-0.15, -0.1) is 5.10 Å². The summed E-state index contributed by atoms with van der Waals surface area (Å²) in [5, 5.41) is 6.55. The first kappa shape index (κ1) is 6.56. The molecule has 0 radical (unpaired) electrons. The molecule has 0 rings (SSSR count). The molecule has 0 saturated heterocycles. The average molecular weight is 122 g/mol. The molecule has 0 aliphatic heterocycles. The van der Waals surface area contributed by atoms with Crippen LogP contribution in [0.3, 0.4) is 0 Å². The number of rotatable bonds is 1. The van der Waals surface area contributed by atoms with Crippen LogP contribution in [0.4, 0.5) is 0 Å². The van der Waals surface area contributed by atoms with E-state index in [4.69, 9.17) is 11.6 Å². The lowest BCUT2D eigenvalue weighted by atomic mass is 11.2. The van der Waals surface area contributed by atoms with Crippen LogP contribution < -0.4 is 10.7 Å². The van der Waals surface area contributed by atoms with Gasteiger partial charge in [0.1, 0.15) is 0 Å². The summed E-state index contributed by atoms with van der Waals surface area (Å²) < 4.78 is 0. The van der Waals surface area contributed by atoms with Gasteiger partial charge in [0.25, 0.3) is 0 Å². The standard InChI is InChI=1S/C3H8ClN3/c1-5-3(4)7-6-2/h6H,1-2H3,(H,5,7). The molecule has 3 nitrogen and oxygen atoms in total. The molecule has 2 N–H and O–H groups in total. The topological polar surface area (TPSA) is 36.4 Å². The lowest BCUT2D eigenvalue weighted by molar-refractivity contribution is 0.892. The molecule has 0 heterocycles. The molecule has 0 aliphatic rings. The number of hydrogen-bond donors (Lipinski definition) is 2. The van der Waals surface area contributed by atoms with Crippen LogP contribution in [0, 0.1) is 0 Å². The third kappa shape index (κ3) is 3.39. The Morgan fingerprint density at radius 2 is 2.14 bits per heavy atom. The quantitative estimate of drug-likeness (QED) is 0.221. The van der Waals surface area contributed by atoms with Gasteiger partial charge in [0, 0.05) is 14.1 Å². The van der Waals surface area contributed by atoms with Crippen molar-refractivity contribution in [2.75, 3.05) is 14.1 Å². The molecular formula is C3H8ClN3. The normalized spacial score (nSPS) is 11.0. The highest BCUT2D eigenvalue weighted by Crippen LogP contribution is 1.72. The van der Waals surface area contributed by atoms with Crippen molar-refractivity contribution in [3.8, 4) is 0 Å². The molecular weight excluding hydrogens is 114 g/mol. The summed E-state index contributed by atoms with van der Waals surface area (Å²) in [6.45, 7) is 0. The van der Waals surface area contributed by atoms with Gasteiger partial charge in [-0.1, -0.05) is 0 Å². The highest BCUT2D eigenvalue weighted by atomic mass is 35.5. The summed E-state index contributed by atoms with van der Waals surface area (Å²) in [4.78, 5) is 0. The zero-order chi connectivity index (χ0) is 5.70. The van der Waals surface area contributed by atoms with E-state index in [1.807, 2.05) is 0 Å². The van der Waals surface area contributed by atoms with Gasteiger partial charge in [-0.25, -0.2) is 0 Å². The van der Waals surface area contributed by atoms with E-state index < -0.39 is 0 Å². The maximum Gasteiger partial charge on any atom is 0.213 e. The Morgan fingerprint density at radius 1 is 1.57 bits per heavy atom. The fourth-order valence-corrected chi connectivity index (χ4v) is 0.239. The molecule has 42 valence electrons. The summed E-state index contributed by atoms with van der Waals surface area (Å²) >= 11 is 5.34. The van der Waals surface area contributed by atoms with Gasteiger partial charge in [0.15, 0.2) is 0 Å². The van der Waals surface area contributed by atoms with E-state index in [-0.39, 0.29) is 0 Å². The summed E-state index contributed by atoms with van der Waals surface area (Å²) in [5.74, 6) is 0. The van der Waals surface area contributed by atoms with Crippen molar-refractivity contribution in [3.05, 3.63) is 0 Å². The van der Waals surface area contributed by atoms with Gasteiger partial charge in [0.2, 0.25) is 5.29 Å². The minimum Gasteiger partial charge on any atom is -0.362 e. The molecule has 0 aliphatic carbocycles. The van der Waals surface area contributed by atoms with E-state index in [0.717, 1.165) is 0 Å². The van der Waals surface area contributed by atoms with Gasteiger partial charge in [0.05, 0.1) is 0 Å². The largest absolute Gasteiger partial charge is 0.362 e. The fraction of sp³-hybridized carbons (Fsp3) is 0.667. The van der Waals surface area contributed by atoms with Crippen LogP contribution in [0.1, 0.15) is 0 Å². The molecule has 0 saturated carbocycles. The molecule has 0 atom stereocenters. The van der Waals surface area contributed by atoms with E-state index >= 15 is 0 Å².